The Morgan fingerprint density at radius 3 is 2.50 bits per heavy atom. The number of piperidine rings is 1. The first-order valence-electron chi connectivity index (χ1n) is 9.74. The van der Waals surface area contributed by atoms with Crippen molar-refractivity contribution in [1.29, 1.82) is 5.26 Å². The molecule has 1 atom stereocenters. The Hall–Kier alpha value is -2.40. The van der Waals surface area contributed by atoms with E-state index in [9.17, 15) is 4.79 Å². The number of carbonyl (C=O) groups is 1. The molecule has 1 aliphatic rings. The first kappa shape index (κ1) is 22.3. The molecule has 0 bridgehead atoms. The molecule has 2 heterocycles. The molecule has 1 aromatic carbocycles. The van der Waals surface area contributed by atoms with Gasteiger partial charge in [-0.3, -0.25) is 0 Å². The van der Waals surface area contributed by atoms with Gasteiger partial charge in [0, 0.05) is 36.6 Å². The van der Waals surface area contributed by atoms with E-state index in [1.165, 1.54) is 12.4 Å². The van der Waals surface area contributed by atoms with Crippen LogP contribution in [0.5, 0.6) is 0 Å². The fraction of sp³-hybridized carbons (Fsp3) is 0.429. The van der Waals surface area contributed by atoms with E-state index >= 15 is 0 Å². The topological polar surface area (TPSA) is 85.2 Å². The van der Waals surface area contributed by atoms with Crippen molar-refractivity contribution in [1.82, 2.24) is 25.1 Å². The van der Waals surface area contributed by atoms with E-state index in [0.717, 1.165) is 31.5 Å². The van der Waals surface area contributed by atoms with E-state index < -0.39 is 0 Å². The zero-order valence-corrected chi connectivity index (χ0v) is 18.7. The molecule has 0 spiro atoms. The van der Waals surface area contributed by atoms with Crippen molar-refractivity contribution in [3.63, 3.8) is 0 Å². The van der Waals surface area contributed by atoms with Gasteiger partial charge in [-0.05, 0) is 45.5 Å². The third-order valence-corrected chi connectivity index (χ3v) is 6.43. The van der Waals surface area contributed by atoms with Crippen LogP contribution in [0.1, 0.15) is 37.2 Å². The van der Waals surface area contributed by atoms with Gasteiger partial charge < -0.3 is 15.1 Å². The van der Waals surface area contributed by atoms with Crippen LogP contribution in [0.2, 0.25) is 10.0 Å². The number of benzene rings is 1. The number of nitriles is 1. The number of aromatic nitrogens is 2. The van der Waals surface area contributed by atoms with Crippen LogP contribution in [0.4, 0.5) is 4.79 Å². The van der Waals surface area contributed by atoms with Crippen LogP contribution in [-0.4, -0.2) is 59.0 Å². The number of hydrogen-bond donors (Lipinski definition) is 1. The van der Waals surface area contributed by atoms with Gasteiger partial charge >= 0.3 is 6.03 Å². The predicted molar refractivity (Wildman–Crippen MR) is 117 cm³/mol. The lowest BCUT2D eigenvalue weighted by Crippen LogP contribution is -2.48. The van der Waals surface area contributed by atoms with E-state index in [2.05, 4.69) is 27.2 Å². The van der Waals surface area contributed by atoms with Crippen LogP contribution >= 0.6 is 23.2 Å². The number of halogens is 2. The van der Waals surface area contributed by atoms with Gasteiger partial charge in [0.2, 0.25) is 5.82 Å². The molecule has 1 N–H and O–H groups in total. The number of urea groups is 1. The Balaban J connectivity index is 1.73. The molecule has 3 rings (SSSR count). The van der Waals surface area contributed by atoms with Crippen LogP contribution in [0.25, 0.3) is 11.1 Å². The molecule has 0 radical (unpaired) electrons. The van der Waals surface area contributed by atoms with E-state index in [0.29, 0.717) is 21.2 Å². The van der Waals surface area contributed by atoms with Crippen molar-refractivity contribution in [2.45, 2.75) is 31.8 Å². The molecular weight excluding hydrogens is 423 g/mol. The summed E-state index contributed by atoms with van der Waals surface area (Å²) in [4.78, 5) is 24.7. The van der Waals surface area contributed by atoms with E-state index in [1.54, 1.807) is 4.90 Å². The van der Waals surface area contributed by atoms with Gasteiger partial charge in [-0.25, -0.2) is 14.8 Å². The highest BCUT2D eigenvalue weighted by molar-refractivity contribution is 6.44. The summed E-state index contributed by atoms with van der Waals surface area (Å²) in [5.41, 5.74) is 2.05. The first-order valence-corrected chi connectivity index (χ1v) is 10.5. The minimum atomic E-state index is -0.317. The van der Waals surface area contributed by atoms with Gasteiger partial charge in [0.1, 0.15) is 6.07 Å². The summed E-state index contributed by atoms with van der Waals surface area (Å²) in [7, 11) is 3.93. The third kappa shape index (κ3) is 4.84. The molecule has 1 aromatic heterocycles. The summed E-state index contributed by atoms with van der Waals surface area (Å²) < 4.78 is 0. The van der Waals surface area contributed by atoms with E-state index in [1.807, 2.05) is 32.2 Å². The molecule has 1 unspecified atom stereocenters. The van der Waals surface area contributed by atoms with Crippen molar-refractivity contribution < 1.29 is 4.79 Å². The summed E-state index contributed by atoms with van der Waals surface area (Å²) in [6.45, 7) is 3.85. The van der Waals surface area contributed by atoms with Gasteiger partial charge in [-0.2, -0.15) is 5.26 Å². The Bertz CT molecular complexity index is 951. The van der Waals surface area contributed by atoms with Gasteiger partial charge in [0.25, 0.3) is 0 Å². The average molecular weight is 447 g/mol. The zero-order valence-electron chi connectivity index (χ0n) is 17.2. The summed E-state index contributed by atoms with van der Waals surface area (Å²) in [5, 5.41) is 12.6. The monoisotopic (exact) mass is 446 g/mol. The number of amides is 2. The van der Waals surface area contributed by atoms with Crippen molar-refractivity contribution >= 4 is 29.2 Å². The van der Waals surface area contributed by atoms with Crippen LogP contribution in [0.3, 0.4) is 0 Å². The molecule has 1 saturated heterocycles. The van der Waals surface area contributed by atoms with Gasteiger partial charge in [-0.1, -0.05) is 35.3 Å². The number of nitrogens with zero attached hydrogens (tertiary/aromatic N) is 5. The molecule has 2 aromatic rings. The molecule has 9 heteroatoms. The Labute approximate surface area is 186 Å². The highest BCUT2D eigenvalue weighted by Crippen LogP contribution is 2.37. The molecule has 1 aliphatic heterocycles. The molecular formula is C21H24Cl2N6O. The van der Waals surface area contributed by atoms with Crippen LogP contribution in [0, 0.1) is 11.3 Å². The second-order valence-corrected chi connectivity index (χ2v) is 8.31. The summed E-state index contributed by atoms with van der Waals surface area (Å²) in [6, 6.07) is 5.31. The molecule has 158 valence electrons. The number of hydrogen-bond acceptors (Lipinski definition) is 5. The Morgan fingerprint density at radius 1 is 1.27 bits per heavy atom. The summed E-state index contributed by atoms with van der Waals surface area (Å²) >= 11 is 13.0. The zero-order chi connectivity index (χ0) is 21.8. The summed E-state index contributed by atoms with van der Waals surface area (Å²) in [6.07, 6.45) is 4.99. The fourth-order valence-electron chi connectivity index (χ4n) is 3.56. The molecule has 0 aliphatic carbocycles. The van der Waals surface area contributed by atoms with E-state index in [-0.39, 0.29) is 23.9 Å². The minimum absolute atomic E-state index is 0.0858. The number of nitrogens with one attached hydrogen (secondary N) is 1. The normalized spacial score (nSPS) is 16.0. The smallest absolute Gasteiger partial charge is 0.317 e. The van der Waals surface area contributed by atoms with Crippen LogP contribution < -0.4 is 5.32 Å². The molecule has 1 fully saturated rings. The SMILES string of the molecule is CC(NC(=O)N(C)C1CCN(C)CC1)c1ccc(-c2cnc(C#N)nc2)c(Cl)c1Cl. The number of carbonyl (C=O) groups excluding carboxylic acids is 1. The Kier molecular flexibility index (Phi) is 7.14. The highest BCUT2D eigenvalue weighted by Gasteiger charge is 2.25. The van der Waals surface area contributed by atoms with Gasteiger partial charge in [0.15, 0.2) is 0 Å². The lowest BCUT2D eigenvalue weighted by atomic mass is 10.0. The second-order valence-electron chi connectivity index (χ2n) is 7.55. The largest absolute Gasteiger partial charge is 0.331 e. The number of rotatable bonds is 4. The van der Waals surface area contributed by atoms with Crippen molar-refractivity contribution in [3.8, 4) is 17.2 Å². The molecule has 2 amide bonds. The summed E-state index contributed by atoms with van der Waals surface area (Å²) in [5.74, 6) is 0.0858. The minimum Gasteiger partial charge on any atom is -0.331 e. The maximum atomic E-state index is 12.7. The average Bonchev–Trinajstić information content (AvgIpc) is 2.75. The number of likely N-dealkylation sites (tertiary alicyclic amines) is 1. The van der Waals surface area contributed by atoms with Gasteiger partial charge in [0.05, 0.1) is 16.1 Å². The second kappa shape index (κ2) is 9.61. The third-order valence-electron chi connectivity index (χ3n) is 5.54. The predicted octanol–water partition coefficient (Wildman–Crippen LogP) is 4.12. The van der Waals surface area contributed by atoms with Crippen molar-refractivity contribution in [2.24, 2.45) is 0 Å². The lowest BCUT2D eigenvalue weighted by molar-refractivity contribution is 0.146. The Morgan fingerprint density at radius 2 is 1.90 bits per heavy atom. The molecule has 0 saturated carbocycles. The van der Waals surface area contributed by atoms with Crippen molar-refractivity contribution in [2.75, 3.05) is 27.2 Å². The quantitative estimate of drug-likeness (QED) is 0.762. The fourth-order valence-corrected chi connectivity index (χ4v) is 4.17. The van der Waals surface area contributed by atoms with E-state index in [4.69, 9.17) is 28.5 Å². The first-order chi connectivity index (χ1) is 14.3. The lowest BCUT2D eigenvalue weighted by Gasteiger charge is -2.35. The maximum Gasteiger partial charge on any atom is 0.317 e. The maximum absolute atomic E-state index is 12.7. The van der Waals surface area contributed by atoms with Crippen molar-refractivity contribution in [3.05, 3.63) is 46.0 Å². The standard InChI is InChI=1S/C21H24Cl2N6O/c1-13(27-21(30)29(3)15-6-8-28(2)9-7-15)16-4-5-17(20(23)19(16)22)14-11-25-18(10-24)26-12-14/h4-5,11-13,15H,6-9H2,1-3H3,(H,27,30). The van der Waals surface area contributed by atoms with Crippen LogP contribution in [0.15, 0.2) is 24.5 Å². The highest BCUT2D eigenvalue weighted by atomic mass is 35.5. The molecule has 7 nitrogen and oxygen atoms in total. The molecule has 30 heavy (non-hydrogen) atoms. The van der Waals surface area contributed by atoms with Gasteiger partial charge in [-0.15, -0.1) is 0 Å². The van der Waals surface area contributed by atoms with Crippen LogP contribution in [-0.2, 0) is 0 Å².